The highest BCUT2D eigenvalue weighted by molar-refractivity contribution is 5.85. The first-order valence-electron chi connectivity index (χ1n) is 4.67. The van der Waals surface area contributed by atoms with Crippen molar-refractivity contribution in [1.29, 1.82) is 0 Å². The number of carbonyl (C=O) groups excluding carboxylic acids is 1. The van der Waals surface area contributed by atoms with Crippen LogP contribution in [-0.4, -0.2) is 40.6 Å². The fourth-order valence-electron chi connectivity index (χ4n) is 1.66. The Morgan fingerprint density at radius 3 is 2.77 bits per heavy atom. The number of rotatable bonds is 2. The third kappa shape index (κ3) is 2.19. The second kappa shape index (κ2) is 3.64. The van der Waals surface area contributed by atoms with Crippen LogP contribution >= 0.6 is 0 Å². The third-order valence-electron chi connectivity index (χ3n) is 2.40. The molecule has 1 aliphatic rings. The summed E-state index contributed by atoms with van der Waals surface area (Å²) in [7, 11) is 0. The summed E-state index contributed by atoms with van der Waals surface area (Å²) < 4.78 is 0. The van der Waals surface area contributed by atoms with Gasteiger partial charge in [0.25, 0.3) is 0 Å². The Balaban J connectivity index is 2.66. The van der Waals surface area contributed by atoms with E-state index in [0.717, 1.165) is 19.4 Å². The largest absolute Gasteiger partial charge is 0.394 e. The van der Waals surface area contributed by atoms with Gasteiger partial charge in [0.05, 0.1) is 18.2 Å². The monoisotopic (exact) mass is 186 g/mol. The zero-order chi connectivity index (χ0) is 10.1. The number of likely N-dealkylation sites (tertiary alicyclic amines) is 1. The van der Waals surface area contributed by atoms with E-state index in [9.17, 15) is 4.79 Å². The molecule has 1 heterocycles. The molecule has 1 fully saturated rings. The van der Waals surface area contributed by atoms with E-state index in [2.05, 4.69) is 0 Å². The number of hydrogen-bond donors (Lipinski definition) is 2. The molecule has 1 amide bonds. The maximum atomic E-state index is 11.7. The molecule has 1 unspecified atom stereocenters. The second-order valence-electron chi connectivity index (χ2n) is 4.20. The number of nitrogens with zero attached hydrogens (tertiary/aromatic N) is 1. The molecule has 0 bridgehead atoms. The molecule has 0 aromatic heterocycles. The van der Waals surface area contributed by atoms with Gasteiger partial charge >= 0.3 is 0 Å². The molecule has 0 saturated carbocycles. The number of aliphatic hydroxyl groups is 1. The summed E-state index contributed by atoms with van der Waals surface area (Å²) in [6, 6.07) is -0.0182. The maximum Gasteiger partial charge on any atom is 0.242 e. The van der Waals surface area contributed by atoms with Crippen molar-refractivity contribution in [2.45, 2.75) is 38.3 Å². The first-order valence-corrected chi connectivity index (χ1v) is 4.67. The summed E-state index contributed by atoms with van der Waals surface area (Å²) in [6.45, 7) is 4.16. The van der Waals surface area contributed by atoms with Crippen molar-refractivity contribution in [1.82, 2.24) is 4.90 Å². The van der Waals surface area contributed by atoms with E-state index in [4.69, 9.17) is 10.8 Å². The summed E-state index contributed by atoms with van der Waals surface area (Å²) in [5.74, 6) is -0.0657. The summed E-state index contributed by atoms with van der Waals surface area (Å²) in [5.41, 5.74) is 4.88. The third-order valence-corrected chi connectivity index (χ3v) is 2.40. The highest BCUT2D eigenvalue weighted by Gasteiger charge is 2.34. The number of amides is 1. The molecule has 0 aliphatic carbocycles. The molecule has 13 heavy (non-hydrogen) atoms. The number of carbonyl (C=O) groups is 1. The fraction of sp³-hybridized carbons (Fsp3) is 0.889. The van der Waals surface area contributed by atoms with Gasteiger partial charge in [-0.25, -0.2) is 0 Å². The minimum atomic E-state index is -0.822. The lowest BCUT2D eigenvalue weighted by Gasteiger charge is -2.29. The van der Waals surface area contributed by atoms with Gasteiger partial charge in [0.15, 0.2) is 0 Å². The number of hydrogen-bond acceptors (Lipinski definition) is 3. The van der Waals surface area contributed by atoms with Crippen LogP contribution in [0.3, 0.4) is 0 Å². The molecule has 4 nitrogen and oxygen atoms in total. The molecule has 1 rings (SSSR count). The van der Waals surface area contributed by atoms with Gasteiger partial charge in [-0.05, 0) is 26.7 Å². The van der Waals surface area contributed by atoms with Crippen LogP contribution in [0, 0.1) is 0 Å². The molecular weight excluding hydrogens is 168 g/mol. The normalized spacial score (nSPS) is 23.7. The quantitative estimate of drug-likeness (QED) is 0.622. The van der Waals surface area contributed by atoms with Crippen LogP contribution in [-0.2, 0) is 4.79 Å². The Labute approximate surface area is 78.7 Å². The van der Waals surface area contributed by atoms with Crippen LogP contribution in [0.2, 0.25) is 0 Å². The highest BCUT2D eigenvalue weighted by atomic mass is 16.3. The Hall–Kier alpha value is -0.610. The van der Waals surface area contributed by atoms with Crippen molar-refractivity contribution in [3.63, 3.8) is 0 Å². The molecule has 1 saturated heterocycles. The lowest BCUT2D eigenvalue weighted by molar-refractivity contribution is -0.137. The summed E-state index contributed by atoms with van der Waals surface area (Å²) in [4.78, 5) is 13.4. The molecule has 1 atom stereocenters. The number of aliphatic hydroxyl groups excluding tert-OH is 1. The van der Waals surface area contributed by atoms with Gasteiger partial charge in [-0.3, -0.25) is 4.79 Å². The fourth-order valence-corrected chi connectivity index (χ4v) is 1.66. The maximum absolute atomic E-state index is 11.7. The Kier molecular flexibility index (Phi) is 2.93. The van der Waals surface area contributed by atoms with Crippen LogP contribution in [0.1, 0.15) is 26.7 Å². The lowest BCUT2D eigenvalue weighted by Crippen LogP contribution is -2.53. The molecular formula is C9H18N2O2. The van der Waals surface area contributed by atoms with Gasteiger partial charge in [-0.2, -0.15) is 0 Å². The zero-order valence-electron chi connectivity index (χ0n) is 8.29. The first kappa shape index (κ1) is 10.5. The van der Waals surface area contributed by atoms with Crippen molar-refractivity contribution < 1.29 is 9.90 Å². The van der Waals surface area contributed by atoms with Gasteiger partial charge in [-0.1, -0.05) is 0 Å². The average molecular weight is 186 g/mol. The van der Waals surface area contributed by atoms with Crippen molar-refractivity contribution in [2.24, 2.45) is 5.73 Å². The van der Waals surface area contributed by atoms with Gasteiger partial charge in [0, 0.05) is 6.54 Å². The average Bonchev–Trinajstić information content (AvgIpc) is 2.48. The summed E-state index contributed by atoms with van der Waals surface area (Å²) >= 11 is 0. The van der Waals surface area contributed by atoms with E-state index in [1.165, 1.54) is 0 Å². The second-order valence-corrected chi connectivity index (χ2v) is 4.20. The minimum absolute atomic E-state index is 0.0182. The van der Waals surface area contributed by atoms with E-state index >= 15 is 0 Å². The molecule has 4 heteroatoms. The first-order chi connectivity index (χ1) is 5.96. The molecule has 0 aromatic rings. The van der Waals surface area contributed by atoms with Crippen molar-refractivity contribution in [3.05, 3.63) is 0 Å². The van der Waals surface area contributed by atoms with Crippen LogP contribution in [0.25, 0.3) is 0 Å². The molecule has 76 valence electrons. The lowest BCUT2D eigenvalue weighted by atomic mass is 10.1. The molecule has 0 spiro atoms. The van der Waals surface area contributed by atoms with Crippen molar-refractivity contribution in [3.8, 4) is 0 Å². The van der Waals surface area contributed by atoms with Gasteiger partial charge in [-0.15, -0.1) is 0 Å². The predicted octanol–water partition coefficient (Wildman–Crippen LogP) is -0.293. The smallest absolute Gasteiger partial charge is 0.242 e. The Bertz CT molecular complexity index is 198. The topological polar surface area (TPSA) is 66.6 Å². The van der Waals surface area contributed by atoms with Crippen molar-refractivity contribution in [2.75, 3.05) is 13.2 Å². The van der Waals surface area contributed by atoms with E-state index < -0.39 is 5.54 Å². The van der Waals surface area contributed by atoms with Crippen LogP contribution in [0.5, 0.6) is 0 Å². The zero-order valence-corrected chi connectivity index (χ0v) is 8.29. The van der Waals surface area contributed by atoms with Crippen LogP contribution in [0.15, 0.2) is 0 Å². The van der Waals surface area contributed by atoms with Gasteiger partial charge in [0.2, 0.25) is 5.91 Å². The number of nitrogens with two attached hydrogens (primary N) is 1. The Morgan fingerprint density at radius 1 is 1.69 bits per heavy atom. The summed E-state index contributed by atoms with van der Waals surface area (Å²) in [5, 5.41) is 9.02. The molecule has 0 aromatic carbocycles. The van der Waals surface area contributed by atoms with E-state index in [1.807, 2.05) is 0 Å². The van der Waals surface area contributed by atoms with Crippen molar-refractivity contribution >= 4 is 5.91 Å². The SMILES string of the molecule is CC(C)(N)C(=O)N1CCCC1CO. The molecule has 1 aliphatic heterocycles. The van der Waals surface area contributed by atoms with Gasteiger partial charge < -0.3 is 15.7 Å². The molecule has 3 N–H and O–H groups in total. The molecule has 0 radical (unpaired) electrons. The van der Waals surface area contributed by atoms with Gasteiger partial charge in [0.1, 0.15) is 0 Å². The van der Waals surface area contributed by atoms with E-state index in [0.29, 0.717) is 0 Å². The Morgan fingerprint density at radius 2 is 2.31 bits per heavy atom. The van der Waals surface area contributed by atoms with E-state index in [-0.39, 0.29) is 18.6 Å². The van der Waals surface area contributed by atoms with Crippen LogP contribution in [0.4, 0.5) is 0 Å². The predicted molar refractivity (Wildman–Crippen MR) is 50.1 cm³/mol. The standard InChI is InChI=1S/C9H18N2O2/c1-9(2,10)8(13)11-5-3-4-7(11)6-12/h7,12H,3-6,10H2,1-2H3. The minimum Gasteiger partial charge on any atom is -0.394 e. The van der Waals surface area contributed by atoms with E-state index in [1.54, 1.807) is 18.7 Å². The summed E-state index contributed by atoms with van der Waals surface area (Å²) in [6.07, 6.45) is 1.85. The highest BCUT2D eigenvalue weighted by Crippen LogP contribution is 2.19. The van der Waals surface area contributed by atoms with Crippen LogP contribution < -0.4 is 5.73 Å².